The van der Waals surface area contributed by atoms with Crippen molar-refractivity contribution in [2.75, 3.05) is 0 Å². The number of pyridine rings is 1. The van der Waals surface area contributed by atoms with Crippen LogP contribution in [0.4, 0.5) is 4.39 Å². The van der Waals surface area contributed by atoms with E-state index in [0.717, 1.165) is 42.3 Å². The fourth-order valence-electron chi connectivity index (χ4n) is 3.68. The molecule has 0 atom stereocenters. The summed E-state index contributed by atoms with van der Waals surface area (Å²) in [6, 6.07) is 16.7. The van der Waals surface area contributed by atoms with Gasteiger partial charge in [0.1, 0.15) is 5.82 Å². The second-order valence-electron chi connectivity index (χ2n) is 7.64. The molecule has 5 rings (SSSR count). The van der Waals surface area contributed by atoms with Crippen molar-refractivity contribution in [1.29, 1.82) is 0 Å². The Labute approximate surface area is 157 Å². The summed E-state index contributed by atoms with van der Waals surface area (Å²) in [4.78, 5) is 20.1. The Bertz CT molecular complexity index is 1020. The average molecular weight is 360 g/mol. The van der Waals surface area contributed by atoms with Gasteiger partial charge in [-0.15, -0.1) is 0 Å². The first-order chi connectivity index (χ1) is 13.2. The zero-order valence-corrected chi connectivity index (χ0v) is 15.1. The highest BCUT2D eigenvalue weighted by atomic mass is 19.1. The maximum Gasteiger partial charge on any atom is 0.255 e. The molecule has 0 aliphatic heterocycles. The van der Waals surface area contributed by atoms with Crippen molar-refractivity contribution < 1.29 is 9.18 Å². The number of carbonyl (C=O) groups is 1. The van der Waals surface area contributed by atoms with Gasteiger partial charge in [-0.25, -0.2) is 4.39 Å². The van der Waals surface area contributed by atoms with Crippen molar-refractivity contribution in [3.8, 4) is 0 Å². The van der Waals surface area contributed by atoms with E-state index in [4.69, 9.17) is 4.98 Å². The molecule has 2 fully saturated rings. The Hall–Kier alpha value is -2.75. The van der Waals surface area contributed by atoms with E-state index in [9.17, 15) is 9.18 Å². The molecule has 2 saturated carbocycles. The number of hydrogen-bond acceptors (Lipinski definition) is 2. The molecule has 0 saturated heterocycles. The summed E-state index contributed by atoms with van der Waals surface area (Å²) in [7, 11) is 0. The van der Waals surface area contributed by atoms with Crippen LogP contribution in [0.2, 0.25) is 0 Å². The molecular weight excluding hydrogens is 339 g/mol. The van der Waals surface area contributed by atoms with Gasteiger partial charge in [0, 0.05) is 35.1 Å². The topological polar surface area (TPSA) is 33.2 Å². The van der Waals surface area contributed by atoms with Crippen molar-refractivity contribution in [2.24, 2.45) is 0 Å². The minimum absolute atomic E-state index is 0.0127. The molecule has 0 N–H and O–H groups in total. The van der Waals surface area contributed by atoms with Gasteiger partial charge in [-0.1, -0.05) is 36.4 Å². The largest absolute Gasteiger partial charge is 0.331 e. The highest BCUT2D eigenvalue weighted by molar-refractivity contribution is 6.06. The van der Waals surface area contributed by atoms with Crippen LogP contribution >= 0.6 is 0 Å². The summed E-state index contributed by atoms with van der Waals surface area (Å²) in [6.07, 6.45) is 4.25. The van der Waals surface area contributed by atoms with E-state index in [1.807, 2.05) is 41.3 Å². The van der Waals surface area contributed by atoms with Crippen LogP contribution in [0.5, 0.6) is 0 Å². The molecule has 3 nitrogen and oxygen atoms in total. The molecule has 27 heavy (non-hydrogen) atoms. The van der Waals surface area contributed by atoms with Crippen LogP contribution < -0.4 is 0 Å². The number of hydrogen-bond donors (Lipinski definition) is 0. The first-order valence-electron chi connectivity index (χ1n) is 9.65. The first kappa shape index (κ1) is 16.4. The normalized spacial score (nSPS) is 16.5. The van der Waals surface area contributed by atoms with Gasteiger partial charge >= 0.3 is 0 Å². The molecule has 136 valence electrons. The number of nitrogens with zero attached hydrogens (tertiary/aromatic N) is 2. The number of aromatic nitrogens is 1. The van der Waals surface area contributed by atoms with E-state index in [1.54, 1.807) is 12.1 Å². The van der Waals surface area contributed by atoms with Gasteiger partial charge in [0.2, 0.25) is 0 Å². The predicted octanol–water partition coefficient (Wildman–Crippen LogP) is 5.06. The number of benzene rings is 2. The minimum atomic E-state index is -0.255. The zero-order valence-electron chi connectivity index (χ0n) is 15.1. The van der Waals surface area contributed by atoms with Gasteiger partial charge in [-0.3, -0.25) is 9.78 Å². The van der Waals surface area contributed by atoms with Crippen LogP contribution in [-0.4, -0.2) is 21.8 Å². The number of halogens is 1. The second kappa shape index (κ2) is 6.45. The number of rotatable bonds is 5. The van der Waals surface area contributed by atoms with Crippen molar-refractivity contribution in [3.63, 3.8) is 0 Å². The Morgan fingerprint density at radius 3 is 2.52 bits per heavy atom. The lowest BCUT2D eigenvalue weighted by Crippen LogP contribution is -2.33. The first-order valence-corrected chi connectivity index (χ1v) is 9.65. The highest BCUT2D eigenvalue weighted by Gasteiger charge is 2.35. The maximum atomic E-state index is 14.2. The molecule has 0 spiro atoms. The molecule has 0 unspecified atom stereocenters. The molecule has 1 aromatic heterocycles. The summed E-state index contributed by atoms with van der Waals surface area (Å²) in [5.41, 5.74) is 3.15. The summed E-state index contributed by atoms with van der Waals surface area (Å²) in [5.74, 6) is 0.206. The van der Waals surface area contributed by atoms with Crippen LogP contribution in [-0.2, 0) is 6.54 Å². The fraction of sp³-hybridized carbons (Fsp3) is 0.304. The van der Waals surface area contributed by atoms with Crippen LogP contribution in [0.25, 0.3) is 10.9 Å². The van der Waals surface area contributed by atoms with E-state index >= 15 is 0 Å². The van der Waals surface area contributed by atoms with Crippen molar-refractivity contribution in [1.82, 2.24) is 9.88 Å². The SMILES string of the molecule is O=C(c1cc(C2CC2)nc2ccccc12)N(Cc1ccccc1F)C1CC1. The smallest absolute Gasteiger partial charge is 0.255 e. The molecule has 0 radical (unpaired) electrons. The van der Waals surface area contributed by atoms with E-state index in [0.29, 0.717) is 23.6 Å². The number of carbonyl (C=O) groups excluding carboxylic acids is 1. The fourth-order valence-corrected chi connectivity index (χ4v) is 3.68. The third kappa shape index (κ3) is 3.20. The average Bonchev–Trinajstić information content (AvgIpc) is 3.58. The third-order valence-electron chi connectivity index (χ3n) is 5.51. The molecule has 1 heterocycles. The Morgan fingerprint density at radius 2 is 1.78 bits per heavy atom. The number of para-hydroxylation sites is 1. The Morgan fingerprint density at radius 1 is 1.04 bits per heavy atom. The molecule has 2 aromatic carbocycles. The molecule has 2 aliphatic carbocycles. The van der Waals surface area contributed by atoms with Gasteiger partial charge in [0.15, 0.2) is 0 Å². The van der Waals surface area contributed by atoms with Crippen molar-refractivity contribution >= 4 is 16.8 Å². The molecule has 4 heteroatoms. The monoisotopic (exact) mass is 360 g/mol. The quantitative estimate of drug-likeness (QED) is 0.637. The van der Waals surface area contributed by atoms with E-state index in [2.05, 4.69) is 0 Å². The predicted molar refractivity (Wildman–Crippen MR) is 103 cm³/mol. The Balaban J connectivity index is 1.56. The lowest BCUT2D eigenvalue weighted by atomic mass is 10.0. The van der Waals surface area contributed by atoms with Gasteiger partial charge < -0.3 is 4.90 Å². The minimum Gasteiger partial charge on any atom is -0.331 e. The lowest BCUT2D eigenvalue weighted by Gasteiger charge is -2.24. The summed E-state index contributed by atoms with van der Waals surface area (Å²) in [6.45, 7) is 0.311. The molecule has 3 aromatic rings. The van der Waals surface area contributed by atoms with Gasteiger partial charge in [0.05, 0.1) is 11.1 Å². The van der Waals surface area contributed by atoms with Crippen LogP contribution in [0, 0.1) is 5.82 Å². The molecule has 0 bridgehead atoms. The van der Waals surface area contributed by atoms with Gasteiger partial charge in [-0.05, 0) is 43.9 Å². The molecule has 2 aliphatic rings. The third-order valence-corrected chi connectivity index (χ3v) is 5.51. The van der Waals surface area contributed by atoms with Crippen molar-refractivity contribution in [2.45, 2.75) is 44.2 Å². The van der Waals surface area contributed by atoms with Crippen molar-refractivity contribution in [3.05, 3.63) is 77.2 Å². The summed E-state index contributed by atoms with van der Waals surface area (Å²) in [5, 5.41) is 0.881. The summed E-state index contributed by atoms with van der Waals surface area (Å²) < 4.78 is 14.2. The van der Waals surface area contributed by atoms with E-state index < -0.39 is 0 Å². The second-order valence-corrected chi connectivity index (χ2v) is 7.64. The highest BCUT2D eigenvalue weighted by Crippen LogP contribution is 2.40. The van der Waals surface area contributed by atoms with Crippen LogP contribution in [0.1, 0.15) is 53.2 Å². The van der Waals surface area contributed by atoms with Gasteiger partial charge in [-0.2, -0.15) is 0 Å². The van der Waals surface area contributed by atoms with Crippen LogP contribution in [0.15, 0.2) is 54.6 Å². The molecule has 1 amide bonds. The lowest BCUT2D eigenvalue weighted by molar-refractivity contribution is 0.0730. The molecular formula is C23H21FN2O. The number of fused-ring (bicyclic) bond motifs is 1. The maximum absolute atomic E-state index is 14.2. The standard InChI is InChI=1S/C23H21FN2O/c24-20-7-3-1-5-16(20)14-26(17-11-12-17)23(27)19-13-22(15-9-10-15)25-21-8-4-2-6-18(19)21/h1-8,13,15,17H,9-12,14H2. The van der Waals surface area contributed by atoms with E-state index in [-0.39, 0.29) is 17.8 Å². The zero-order chi connectivity index (χ0) is 18.4. The summed E-state index contributed by atoms with van der Waals surface area (Å²) >= 11 is 0. The van der Waals surface area contributed by atoms with E-state index in [1.165, 1.54) is 6.07 Å². The van der Waals surface area contributed by atoms with Gasteiger partial charge in [0.25, 0.3) is 5.91 Å². The Kier molecular flexibility index (Phi) is 3.92. The van der Waals surface area contributed by atoms with Crippen LogP contribution in [0.3, 0.4) is 0 Å². The number of amides is 1.